The smallest absolute Gasteiger partial charge is 0.242 e. The van der Waals surface area contributed by atoms with Gasteiger partial charge in [0, 0.05) is 9.26 Å². The van der Waals surface area contributed by atoms with Gasteiger partial charge in [0.15, 0.2) is 9.84 Å². The molecule has 1 unspecified atom stereocenters. The minimum absolute atomic E-state index is 0.0356. The summed E-state index contributed by atoms with van der Waals surface area (Å²) in [7, 11) is -3.35. The largest absolute Gasteiger partial charge is 0.325 e. The zero-order chi connectivity index (χ0) is 13.8. The third-order valence-corrected chi connectivity index (χ3v) is 5.43. The van der Waals surface area contributed by atoms with Crippen molar-refractivity contribution in [1.29, 1.82) is 0 Å². The van der Waals surface area contributed by atoms with Gasteiger partial charge >= 0.3 is 0 Å². The number of amides is 1. The van der Waals surface area contributed by atoms with E-state index in [0.29, 0.717) is 12.1 Å². The van der Waals surface area contributed by atoms with Crippen molar-refractivity contribution >= 4 is 44.0 Å². The van der Waals surface area contributed by atoms with Crippen molar-refractivity contribution < 1.29 is 13.2 Å². The molecule has 0 radical (unpaired) electrons. The molecule has 100 valence electrons. The van der Waals surface area contributed by atoms with Gasteiger partial charge < -0.3 is 5.32 Å². The number of anilines is 1. The molecule has 0 aromatic heterocycles. The Labute approximate surface area is 121 Å². The monoisotopic (exact) mass is 381 g/mol. The van der Waals surface area contributed by atoms with Gasteiger partial charge in [-0.2, -0.15) is 0 Å². The standard InChI is InChI=1S/C12H16INO3S/c1-3-7-18(16,17)9(2)12(15)14-11-6-4-5-10(13)8-11/h4-6,8-9H,3,7H2,1-2H3,(H,14,15). The summed E-state index contributed by atoms with van der Waals surface area (Å²) in [6, 6.07) is 7.23. The van der Waals surface area contributed by atoms with Crippen molar-refractivity contribution in [3.8, 4) is 0 Å². The molecule has 0 saturated heterocycles. The first-order valence-corrected chi connectivity index (χ1v) is 8.44. The van der Waals surface area contributed by atoms with Crippen LogP contribution in [-0.2, 0) is 14.6 Å². The summed E-state index contributed by atoms with van der Waals surface area (Å²) in [6.45, 7) is 3.20. The maximum atomic E-state index is 11.9. The highest BCUT2D eigenvalue weighted by molar-refractivity contribution is 14.1. The zero-order valence-electron chi connectivity index (χ0n) is 10.3. The van der Waals surface area contributed by atoms with Crippen LogP contribution in [0.4, 0.5) is 5.69 Å². The van der Waals surface area contributed by atoms with Crippen LogP contribution in [0.25, 0.3) is 0 Å². The van der Waals surface area contributed by atoms with E-state index in [-0.39, 0.29) is 5.75 Å². The fourth-order valence-electron chi connectivity index (χ4n) is 1.43. The van der Waals surface area contributed by atoms with Crippen LogP contribution in [0.5, 0.6) is 0 Å². The van der Waals surface area contributed by atoms with Crippen molar-refractivity contribution in [2.75, 3.05) is 11.1 Å². The van der Waals surface area contributed by atoms with Crippen LogP contribution in [0.3, 0.4) is 0 Å². The van der Waals surface area contributed by atoms with Gasteiger partial charge in [-0.15, -0.1) is 0 Å². The van der Waals surface area contributed by atoms with Gasteiger partial charge in [-0.3, -0.25) is 4.79 Å². The molecule has 1 N–H and O–H groups in total. The molecule has 18 heavy (non-hydrogen) atoms. The topological polar surface area (TPSA) is 63.2 Å². The second kappa shape index (κ2) is 6.51. The summed E-state index contributed by atoms with van der Waals surface area (Å²) in [5.41, 5.74) is 0.616. The lowest BCUT2D eigenvalue weighted by molar-refractivity contribution is -0.115. The zero-order valence-corrected chi connectivity index (χ0v) is 13.3. The van der Waals surface area contributed by atoms with E-state index < -0.39 is 21.0 Å². The molecular formula is C12H16INO3S. The molecule has 1 aromatic carbocycles. The molecule has 1 rings (SSSR count). The number of sulfone groups is 1. The van der Waals surface area contributed by atoms with Crippen molar-refractivity contribution in [2.24, 2.45) is 0 Å². The lowest BCUT2D eigenvalue weighted by atomic mass is 10.3. The predicted octanol–water partition coefficient (Wildman–Crippen LogP) is 2.44. The molecule has 4 nitrogen and oxygen atoms in total. The van der Waals surface area contributed by atoms with Gasteiger partial charge in [-0.05, 0) is 54.1 Å². The van der Waals surface area contributed by atoms with E-state index in [1.54, 1.807) is 19.1 Å². The first-order valence-electron chi connectivity index (χ1n) is 5.65. The maximum Gasteiger partial charge on any atom is 0.242 e. The Morgan fingerprint density at radius 3 is 2.67 bits per heavy atom. The number of rotatable bonds is 5. The van der Waals surface area contributed by atoms with Crippen LogP contribution in [0, 0.1) is 3.57 Å². The Hall–Kier alpha value is -0.630. The average molecular weight is 381 g/mol. The lowest BCUT2D eigenvalue weighted by Crippen LogP contribution is -2.34. The summed E-state index contributed by atoms with van der Waals surface area (Å²) < 4.78 is 24.5. The van der Waals surface area contributed by atoms with E-state index in [2.05, 4.69) is 27.9 Å². The van der Waals surface area contributed by atoms with Crippen molar-refractivity contribution in [1.82, 2.24) is 0 Å². The Morgan fingerprint density at radius 2 is 2.11 bits per heavy atom. The van der Waals surface area contributed by atoms with E-state index in [9.17, 15) is 13.2 Å². The molecule has 6 heteroatoms. The number of halogens is 1. The van der Waals surface area contributed by atoms with E-state index in [1.165, 1.54) is 6.92 Å². The van der Waals surface area contributed by atoms with Gasteiger partial charge in [-0.1, -0.05) is 13.0 Å². The Balaban J connectivity index is 2.77. The molecule has 0 bridgehead atoms. The van der Waals surface area contributed by atoms with Crippen LogP contribution in [0.2, 0.25) is 0 Å². The predicted molar refractivity (Wildman–Crippen MR) is 81.3 cm³/mol. The summed E-state index contributed by atoms with van der Waals surface area (Å²) in [5.74, 6) is -0.445. The number of hydrogen-bond donors (Lipinski definition) is 1. The van der Waals surface area contributed by atoms with Gasteiger partial charge in [0.25, 0.3) is 0 Å². The van der Waals surface area contributed by atoms with Gasteiger partial charge in [0.05, 0.1) is 5.75 Å². The Kier molecular flexibility index (Phi) is 5.58. The van der Waals surface area contributed by atoms with Crippen LogP contribution in [-0.4, -0.2) is 25.3 Å². The molecule has 1 amide bonds. The molecule has 0 heterocycles. The Bertz CT molecular complexity index is 528. The molecule has 0 saturated carbocycles. The van der Waals surface area contributed by atoms with Crippen molar-refractivity contribution in [3.05, 3.63) is 27.8 Å². The first-order chi connectivity index (χ1) is 8.36. The number of nitrogens with one attached hydrogen (secondary N) is 1. The highest BCUT2D eigenvalue weighted by atomic mass is 127. The number of benzene rings is 1. The van der Waals surface area contributed by atoms with E-state index in [4.69, 9.17) is 0 Å². The van der Waals surface area contributed by atoms with Gasteiger partial charge in [0.1, 0.15) is 5.25 Å². The molecule has 1 atom stereocenters. The summed E-state index contributed by atoms with van der Waals surface area (Å²) in [4.78, 5) is 11.9. The fourth-order valence-corrected chi connectivity index (χ4v) is 3.29. The first kappa shape index (κ1) is 15.4. The summed E-state index contributed by atoms with van der Waals surface area (Å²) in [5, 5.41) is 1.61. The second-order valence-corrected chi connectivity index (χ2v) is 7.70. The number of carbonyl (C=O) groups is 1. The van der Waals surface area contributed by atoms with E-state index >= 15 is 0 Å². The average Bonchev–Trinajstić information content (AvgIpc) is 2.27. The minimum atomic E-state index is -3.35. The third-order valence-electron chi connectivity index (χ3n) is 2.49. The molecule has 1 aromatic rings. The fraction of sp³-hybridized carbons (Fsp3) is 0.417. The van der Waals surface area contributed by atoms with Crippen molar-refractivity contribution in [2.45, 2.75) is 25.5 Å². The molecule has 0 aliphatic carbocycles. The van der Waals surface area contributed by atoms with E-state index in [0.717, 1.165) is 3.57 Å². The minimum Gasteiger partial charge on any atom is -0.325 e. The Morgan fingerprint density at radius 1 is 1.44 bits per heavy atom. The normalized spacial score (nSPS) is 13.1. The second-order valence-electron chi connectivity index (χ2n) is 4.01. The van der Waals surface area contributed by atoms with Crippen LogP contribution < -0.4 is 5.32 Å². The molecule has 0 aliphatic rings. The van der Waals surface area contributed by atoms with Crippen LogP contribution >= 0.6 is 22.6 Å². The summed E-state index contributed by atoms with van der Waals surface area (Å²) >= 11 is 2.13. The number of carbonyl (C=O) groups excluding carboxylic acids is 1. The van der Waals surface area contributed by atoms with Crippen molar-refractivity contribution in [3.63, 3.8) is 0 Å². The van der Waals surface area contributed by atoms with Crippen LogP contribution in [0.1, 0.15) is 20.3 Å². The third kappa shape index (κ3) is 4.24. The molecular weight excluding hydrogens is 365 g/mol. The number of hydrogen-bond acceptors (Lipinski definition) is 3. The quantitative estimate of drug-likeness (QED) is 0.797. The molecule has 0 aliphatic heterocycles. The van der Waals surface area contributed by atoms with E-state index in [1.807, 2.05) is 12.1 Å². The summed E-state index contributed by atoms with van der Waals surface area (Å²) in [6.07, 6.45) is 0.517. The molecule has 0 spiro atoms. The van der Waals surface area contributed by atoms with Gasteiger partial charge in [0.2, 0.25) is 5.91 Å². The highest BCUT2D eigenvalue weighted by Gasteiger charge is 2.26. The van der Waals surface area contributed by atoms with Crippen LogP contribution in [0.15, 0.2) is 24.3 Å². The molecule has 0 fully saturated rings. The highest BCUT2D eigenvalue weighted by Crippen LogP contribution is 2.14. The lowest BCUT2D eigenvalue weighted by Gasteiger charge is -2.12. The van der Waals surface area contributed by atoms with Gasteiger partial charge in [-0.25, -0.2) is 8.42 Å². The maximum absolute atomic E-state index is 11.9. The SMILES string of the molecule is CCCS(=O)(=O)C(C)C(=O)Nc1cccc(I)c1.